The smallest absolute Gasteiger partial charge is 0.242 e. The Hall–Kier alpha value is -0.730. The Labute approximate surface area is 111 Å². The summed E-state index contributed by atoms with van der Waals surface area (Å²) >= 11 is 5.57. The fourth-order valence-corrected chi connectivity index (χ4v) is 2.79. The second-order valence-corrected chi connectivity index (χ2v) is 5.94. The summed E-state index contributed by atoms with van der Waals surface area (Å²) in [6.07, 6.45) is 1.36. The van der Waals surface area contributed by atoms with Gasteiger partial charge in [-0.3, -0.25) is 0 Å². The normalized spacial score (nSPS) is 12.7. The zero-order valence-corrected chi connectivity index (χ0v) is 11.4. The molecule has 6 nitrogen and oxygen atoms in total. The molecule has 1 rings (SSSR count). The van der Waals surface area contributed by atoms with E-state index in [1.165, 1.54) is 12.1 Å². The molecule has 0 fully saturated rings. The molecule has 0 aliphatic heterocycles. The highest BCUT2D eigenvalue weighted by molar-refractivity contribution is 7.89. The molecule has 0 atom stereocenters. The van der Waals surface area contributed by atoms with Crippen molar-refractivity contribution >= 4 is 21.6 Å². The minimum absolute atomic E-state index is 0.0772. The predicted molar refractivity (Wildman–Crippen MR) is 66.8 cm³/mol. The fourth-order valence-electron chi connectivity index (χ4n) is 1.28. The number of sulfonamides is 1. The number of hydrogen-bond donors (Lipinski definition) is 3. The molecular formula is C10H15ClN2O4S. The van der Waals surface area contributed by atoms with E-state index in [1.54, 1.807) is 6.92 Å². The SMILES string of the molecule is CCC(CO)(CO)NS(=O)(=O)c1ccc(Cl)nc1. The third-order valence-electron chi connectivity index (χ3n) is 2.64. The third-order valence-corrected chi connectivity index (χ3v) is 4.43. The highest BCUT2D eigenvalue weighted by Gasteiger charge is 2.32. The standard InChI is InChI=1S/C10H15ClN2O4S/c1-2-10(6-14,7-15)13-18(16,17)8-3-4-9(11)12-5-8/h3-5,13-15H,2,6-7H2,1H3. The van der Waals surface area contributed by atoms with Gasteiger partial charge in [0.25, 0.3) is 0 Å². The summed E-state index contributed by atoms with van der Waals surface area (Å²) in [7, 11) is -3.86. The van der Waals surface area contributed by atoms with Crippen molar-refractivity contribution in [3.05, 3.63) is 23.5 Å². The number of aliphatic hydroxyl groups is 2. The minimum Gasteiger partial charge on any atom is -0.394 e. The van der Waals surface area contributed by atoms with Crippen LogP contribution in [0.25, 0.3) is 0 Å². The first-order chi connectivity index (χ1) is 8.39. The van der Waals surface area contributed by atoms with E-state index in [9.17, 15) is 18.6 Å². The molecule has 102 valence electrons. The van der Waals surface area contributed by atoms with E-state index >= 15 is 0 Å². The molecule has 0 spiro atoms. The summed E-state index contributed by atoms with van der Waals surface area (Å²) in [5.74, 6) is 0. The predicted octanol–water partition coefficient (Wildman–Crippen LogP) is 0.147. The van der Waals surface area contributed by atoms with E-state index in [2.05, 4.69) is 9.71 Å². The molecule has 0 aliphatic rings. The molecule has 0 bridgehead atoms. The van der Waals surface area contributed by atoms with Crippen molar-refractivity contribution in [1.29, 1.82) is 0 Å². The van der Waals surface area contributed by atoms with Crippen LogP contribution in [0.4, 0.5) is 0 Å². The first-order valence-corrected chi connectivity index (χ1v) is 7.12. The van der Waals surface area contributed by atoms with Gasteiger partial charge < -0.3 is 10.2 Å². The average molecular weight is 295 g/mol. The van der Waals surface area contributed by atoms with E-state index in [-0.39, 0.29) is 16.5 Å². The summed E-state index contributed by atoms with van der Waals surface area (Å²) in [6, 6.07) is 2.65. The van der Waals surface area contributed by atoms with Crippen molar-refractivity contribution in [3.63, 3.8) is 0 Å². The highest BCUT2D eigenvalue weighted by Crippen LogP contribution is 2.16. The van der Waals surface area contributed by atoms with Crippen molar-refractivity contribution in [2.45, 2.75) is 23.8 Å². The van der Waals surface area contributed by atoms with Crippen LogP contribution in [0.2, 0.25) is 5.15 Å². The van der Waals surface area contributed by atoms with Gasteiger partial charge in [0, 0.05) is 6.20 Å². The Bertz CT molecular complexity index is 477. The minimum atomic E-state index is -3.86. The number of nitrogens with zero attached hydrogens (tertiary/aromatic N) is 1. The maximum absolute atomic E-state index is 12.0. The van der Waals surface area contributed by atoms with Crippen LogP contribution in [-0.2, 0) is 10.0 Å². The van der Waals surface area contributed by atoms with Gasteiger partial charge in [0.1, 0.15) is 10.0 Å². The van der Waals surface area contributed by atoms with Crippen molar-refractivity contribution in [1.82, 2.24) is 9.71 Å². The zero-order valence-electron chi connectivity index (χ0n) is 9.80. The lowest BCUT2D eigenvalue weighted by Gasteiger charge is -2.29. The quantitative estimate of drug-likeness (QED) is 0.649. The second-order valence-electron chi connectivity index (χ2n) is 3.87. The number of nitrogens with one attached hydrogen (secondary N) is 1. The number of pyridine rings is 1. The van der Waals surface area contributed by atoms with Crippen molar-refractivity contribution in [3.8, 4) is 0 Å². The summed E-state index contributed by atoms with van der Waals surface area (Å²) in [5, 5.41) is 18.6. The molecule has 0 aliphatic carbocycles. The molecule has 0 amide bonds. The van der Waals surface area contributed by atoms with Gasteiger partial charge >= 0.3 is 0 Å². The van der Waals surface area contributed by atoms with Gasteiger partial charge in [-0.25, -0.2) is 18.1 Å². The lowest BCUT2D eigenvalue weighted by atomic mass is 10.0. The molecule has 0 unspecified atom stereocenters. The van der Waals surface area contributed by atoms with Crippen molar-refractivity contribution in [2.24, 2.45) is 0 Å². The number of halogens is 1. The Morgan fingerprint density at radius 2 is 2.00 bits per heavy atom. The summed E-state index contributed by atoms with van der Waals surface area (Å²) in [5.41, 5.74) is -1.28. The highest BCUT2D eigenvalue weighted by atomic mass is 35.5. The monoisotopic (exact) mass is 294 g/mol. The molecule has 1 aromatic rings. The maximum Gasteiger partial charge on any atom is 0.242 e. The van der Waals surface area contributed by atoms with Gasteiger partial charge in [-0.05, 0) is 18.6 Å². The van der Waals surface area contributed by atoms with E-state index in [1.807, 2.05) is 0 Å². The Morgan fingerprint density at radius 3 is 2.39 bits per heavy atom. The van der Waals surface area contributed by atoms with Crippen LogP contribution in [0.15, 0.2) is 23.2 Å². The summed E-state index contributed by atoms with van der Waals surface area (Å²) < 4.78 is 26.3. The lowest BCUT2D eigenvalue weighted by molar-refractivity contribution is 0.105. The number of aromatic nitrogens is 1. The molecule has 1 heterocycles. The van der Waals surface area contributed by atoms with E-state index in [0.717, 1.165) is 6.20 Å². The van der Waals surface area contributed by atoms with Gasteiger partial charge in [-0.1, -0.05) is 18.5 Å². The van der Waals surface area contributed by atoms with Crippen LogP contribution >= 0.6 is 11.6 Å². The lowest BCUT2D eigenvalue weighted by Crippen LogP contribution is -2.53. The molecule has 18 heavy (non-hydrogen) atoms. The average Bonchev–Trinajstić information content (AvgIpc) is 2.37. The summed E-state index contributed by atoms with van der Waals surface area (Å²) in [6.45, 7) is 0.662. The van der Waals surface area contributed by atoms with Crippen LogP contribution in [0.1, 0.15) is 13.3 Å². The Morgan fingerprint density at radius 1 is 1.39 bits per heavy atom. The topological polar surface area (TPSA) is 99.5 Å². The first-order valence-electron chi connectivity index (χ1n) is 5.26. The number of aliphatic hydroxyl groups excluding tert-OH is 2. The van der Waals surface area contributed by atoms with Crippen LogP contribution in [0, 0.1) is 0 Å². The summed E-state index contributed by atoms with van der Waals surface area (Å²) in [4.78, 5) is 3.60. The maximum atomic E-state index is 12.0. The fraction of sp³-hybridized carbons (Fsp3) is 0.500. The Kier molecular flexibility index (Phi) is 5.06. The van der Waals surface area contributed by atoms with Crippen LogP contribution in [-0.4, -0.2) is 42.4 Å². The van der Waals surface area contributed by atoms with Crippen molar-refractivity contribution < 1.29 is 18.6 Å². The third kappa shape index (κ3) is 3.39. The molecule has 3 N–H and O–H groups in total. The van der Waals surface area contributed by atoms with E-state index in [4.69, 9.17) is 11.6 Å². The molecule has 0 aromatic carbocycles. The van der Waals surface area contributed by atoms with Crippen LogP contribution in [0.5, 0.6) is 0 Å². The second kappa shape index (κ2) is 5.94. The van der Waals surface area contributed by atoms with Gasteiger partial charge in [0.05, 0.1) is 18.8 Å². The first kappa shape index (κ1) is 15.3. The Balaban J connectivity index is 3.04. The van der Waals surface area contributed by atoms with Gasteiger partial charge in [-0.2, -0.15) is 0 Å². The van der Waals surface area contributed by atoms with E-state index < -0.39 is 28.8 Å². The molecule has 1 aromatic heterocycles. The van der Waals surface area contributed by atoms with Crippen molar-refractivity contribution in [2.75, 3.05) is 13.2 Å². The van der Waals surface area contributed by atoms with Gasteiger partial charge in [-0.15, -0.1) is 0 Å². The number of hydrogen-bond acceptors (Lipinski definition) is 5. The van der Waals surface area contributed by atoms with E-state index in [0.29, 0.717) is 0 Å². The largest absolute Gasteiger partial charge is 0.394 e. The number of rotatable bonds is 6. The van der Waals surface area contributed by atoms with Gasteiger partial charge in [0.2, 0.25) is 10.0 Å². The molecule has 0 saturated carbocycles. The zero-order chi connectivity index (χ0) is 13.8. The molecular weight excluding hydrogens is 280 g/mol. The van der Waals surface area contributed by atoms with Crippen LogP contribution in [0.3, 0.4) is 0 Å². The molecule has 0 radical (unpaired) electrons. The molecule has 8 heteroatoms. The van der Waals surface area contributed by atoms with Crippen LogP contribution < -0.4 is 4.72 Å². The van der Waals surface area contributed by atoms with Gasteiger partial charge in [0.15, 0.2) is 0 Å². The molecule has 0 saturated heterocycles.